The number of fused-ring (bicyclic) bond motifs is 1. The Kier molecular flexibility index (Phi) is 3.69. The molecule has 2 aromatic heterocycles. The number of ether oxygens (including phenoxy) is 1. The summed E-state index contributed by atoms with van der Waals surface area (Å²) >= 11 is 1.58. The average Bonchev–Trinajstić information content (AvgIpc) is 2.98. The first-order chi connectivity index (χ1) is 9.86. The zero-order valence-electron chi connectivity index (χ0n) is 11.0. The van der Waals surface area contributed by atoms with Crippen molar-refractivity contribution in [2.75, 3.05) is 6.61 Å². The topological polar surface area (TPSA) is 47.9 Å². The van der Waals surface area contributed by atoms with E-state index in [0.717, 1.165) is 21.7 Å². The maximum Gasteiger partial charge on any atom is 0.240 e. The van der Waals surface area contributed by atoms with Crippen LogP contribution in [0.5, 0.6) is 5.88 Å². The molecule has 0 N–H and O–H groups in total. The zero-order valence-corrected chi connectivity index (χ0v) is 11.8. The first kappa shape index (κ1) is 12.7. The number of rotatable bonds is 4. The molecule has 0 fully saturated rings. The molecule has 0 saturated heterocycles. The highest BCUT2D eigenvalue weighted by molar-refractivity contribution is 7.10. The van der Waals surface area contributed by atoms with E-state index in [1.165, 1.54) is 0 Å². The number of thiazole rings is 1. The number of nitrogens with zero attached hydrogens (tertiary/aromatic N) is 3. The lowest BCUT2D eigenvalue weighted by Gasteiger charge is -2.06. The average molecular weight is 283 g/mol. The van der Waals surface area contributed by atoms with Crippen molar-refractivity contribution in [2.45, 2.75) is 6.92 Å². The molecular weight excluding hydrogens is 270 g/mol. The van der Waals surface area contributed by atoms with Crippen molar-refractivity contribution in [3.8, 4) is 5.88 Å². The van der Waals surface area contributed by atoms with E-state index in [1.807, 2.05) is 48.7 Å². The van der Waals surface area contributed by atoms with Crippen molar-refractivity contribution in [2.24, 2.45) is 0 Å². The van der Waals surface area contributed by atoms with Gasteiger partial charge in [-0.3, -0.25) is 0 Å². The molecule has 0 spiro atoms. The van der Waals surface area contributed by atoms with Gasteiger partial charge in [0.2, 0.25) is 5.88 Å². The van der Waals surface area contributed by atoms with Crippen LogP contribution in [0.1, 0.15) is 17.6 Å². The third-order valence-electron chi connectivity index (χ3n) is 2.68. The lowest BCUT2D eigenvalue weighted by Crippen LogP contribution is -1.99. The highest BCUT2D eigenvalue weighted by Gasteiger charge is 2.07. The van der Waals surface area contributed by atoms with Crippen LogP contribution >= 0.6 is 11.3 Å². The van der Waals surface area contributed by atoms with Crippen molar-refractivity contribution in [1.82, 2.24) is 15.0 Å². The van der Waals surface area contributed by atoms with Gasteiger partial charge in [0.15, 0.2) is 0 Å². The van der Waals surface area contributed by atoms with Gasteiger partial charge in [-0.25, -0.2) is 15.0 Å². The van der Waals surface area contributed by atoms with Crippen molar-refractivity contribution >= 4 is 34.5 Å². The highest BCUT2D eigenvalue weighted by atomic mass is 32.1. The molecule has 100 valence electrons. The normalized spacial score (nSPS) is 11.2. The van der Waals surface area contributed by atoms with Crippen LogP contribution in [0.15, 0.2) is 35.8 Å². The molecule has 1 aromatic carbocycles. The van der Waals surface area contributed by atoms with Gasteiger partial charge in [0.25, 0.3) is 0 Å². The molecule has 0 saturated carbocycles. The Balaban J connectivity index is 2.04. The molecular formula is C15H13N3OS. The largest absolute Gasteiger partial charge is 0.476 e. The summed E-state index contributed by atoms with van der Waals surface area (Å²) < 4.78 is 5.57. The lowest BCUT2D eigenvalue weighted by atomic mass is 10.3. The Morgan fingerprint density at radius 2 is 1.95 bits per heavy atom. The summed E-state index contributed by atoms with van der Waals surface area (Å²) in [5.41, 5.74) is 2.41. The summed E-state index contributed by atoms with van der Waals surface area (Å²) in [5, 5.41) is 2.87. The second-order valence-corrected chi connectivity index (χ2v) is 4.97. The molecule has 5 heteroatoms. The van der Waals surface area contributed by atoms with Crippen LogP contribution in [0.25, 0.3) is 23.2 Å². The van der Waals surface area contributed by atoms with Gasteiger partial charge in [-0.05, 0) is 31.2 Å². The van der Waals surface area contributed by atoms with E-state index in [4.69, 9.17) is 4.74 Å². The Morgan fingerprint density at radius 1 is 1.15 bits per heavy atom. The SMILES string of the molecule is CCOc1nc2ccccc2nc1/C=C/c1nccs1. The standard InChI is InChI=1S/C15H13N3OS/c1-2-19-15-13(7-8-14-16-9-10-20-14)17-11-5-3-4-6-12(11)18-15/h3-10H,2H2,1H3/b8-7+. The molecule has 0 radical (unpaired) electrons. The summed E-state index contributed by atoms with van der Waals surface area (Å²) in [6.45, 7) is 2.50. The Labute approximate surface area is 120 Å². The molecule has 0 aliphatic rings. The molecule has 0 aliphatic heterocycles. The molecule has 0 aliphatic carbocycles. The summed E-state index contributed by atoms with van der Waals surface area (Å²) in [6.07, 6.45) is 5.59. The van der Waals surface area contributed by atoms with E-state index < -0.39 is 0 Å². The van der Waals surface area contributed by atoms with Gasteiger partial charge >= 0.3 is 0 Å². The maximum atomic E-state index is 5.57. The van der Waals surface area contributed by atoms with Crippen LogP contribution in [0.4, 0.5) is 0 Å². The van der Waals surface area contributed by atoms with Crippen LogP contribution in [0, 0.1) is 0 Å². The summed E-state index contributed by atoms with van der Waals surface area (Å²) in [6, 6.07) is 7.77. The maximum absolute atomic E-state index is 5.57. The van der Waals surface area contributed by atoms with E-state index in [-0.39, 0.29) is 0 Å². The van der Waals surface area contributed by atoms with Crippen LogP contribution in [0.2, 0.25) is 0 Å². The number of benzene rings is 1. The van der Waals surface area contributed by atoms with Gasteiger partial charge in [-0.15, -0.1) is 11.3 Å². The van der Waals surface area contributed by atoms with Crippen molar-refractivity contribution in [3.05, 3.63) is 46.5 Å². The van der Waals surface area contributed by atoms with Crippen LogP contribution in [-0.4, -0.2) is 21.6 Å². The summed E-state index contributed by atoms with van der Waals surface area (Å²) in [7, 11) is 0. The highest BCUT2D eigenvalue weighted by Crippen LogP contribution is 2.21. The second kappa shape index (κ2) is 5.79. The predicted molar refractivity (Wildman–Crippen MR) is 81.7 cm³/mol. The molecule has 3 rings (SSSR count). The van der Waals surface area contributed by atoms with Gasteiger partial charge in [0.05, 0.1) is 17.6 Å². The molecule has 0 amide bonds. The van der Waals surface area contributed by atoms with Gasteiger partial charge in [-0.1, -0.05) is 12.1 Å². The summed E-state index contributed by atoms with van der Waals surface area (Å²) in [5.74, 6) is 0.555. The minimum atomic E-state index is 0.555. The number of para-hydroxylation sites is 2. The quantitative estimate of drug-likeness (QED) is 0.733. The molecule has 2 heterocycles. The molecule has 4 nitrogen and oxygen atoms in total. The number of aromatic nitrogens is 3. The fraction of sp³-hybridized carbons (Fsp3) is 0.133. The second-order valence-electron chi connectivity index (χ2n) is 4.04. The third kappa shape index (κ3) is 2.67. The molecule has 3 aromatic rings. The fourth-order valence-corrected chi connectivity index (χ4v) is 2.35. The van der Waals surface area contributed by atoms with Crippen molar-refractivity contribution < 1.29 is 4.74 Å². The van der Waals surface area contributed by atoms with Crippen LogP contribution < -0.4 is 4.74 Å². The zero-order chi connectivity index (χ0) is 13.8. The molecule has 20 heavy (non-hydrogen) atoms. The summed E-state index contributed by atoms with van der Waals surface area (Å²) in [4.78, 5) is 13.3. The van der Waals surface area contributed by atoms with E-state index in [1.54, 1.807) is 17.5 Å². The molecule has 0 unspecified atom stereocenters. The monoisotopic (exact) mass is 283 g/mol. The van der Waals surface area contributed by atoms with Gasteiger partial charge in [0.1, 0.15) is 10.7 Å². The Hall–Kier alpha value is -2.27. The fourth-order valence-electron chi connectivity index (χ4n) is 1.82. The molecule has 0 atom stereocenters. The van der Waals surface area contributed by atoms with Gasteiger partial charge < -0.3 is 4.74 Å². The first-order valence-electron chi connectivity index (χ1n) is 6.34. The minimum Gasteiger partial charge on any atom is -0.476 e. The van der Waals surface area contributed by atoms with Crippen molar-refractivity contribution in [3.63, 3.8) is 0 Å². The first-order valence-corrected chi connectivity index (χ1v) is 7.22. The number of hydrogen-bond donors (Lipinski definition) is 0. The lowest BCUT2D eigenvalue weighted by molar-refractivity contribution is 0.326. The van der Waals surface area contributed by atoms with E-state index in [9.17, 15) is 0 Å². The van der Waals surface area contributed by atoms with Gasteiger partial charge in [0, 0.05) is 11.6 Å². The molecule has 0 bridgehead atoms. The van der Waals surface area contributed by atoms with E-state index in [0.29, 0.717) is 12.5 Å². The van der Waals surface area contributed by atoms with E-state index in [2.05, 4.69) is 15.0 Å². The smallest absolute Gasteiger partial charge is 0.240 e. The third-order valence-corrected chi connectivity index (χ3v) is 3.42. The van der Waals surface area contributed by atoms with Crippen LogP contribution in [-0.2, 0) is 0 Å². The Morgan fingerprint density at radius 3 is 2.65 bits per heavy atom. The predicted octanol–water partition coefficient (Wildman–Crippen LogP) is 3.66. The van der Waals surface area contributed by atoms with E-state index >= 15 is 0 Å². The van der Waals surface area contributed by atoms with Crippen molar-refractivity contribution in [1.29, 1.82) is 0 Å². The van der Waals surface area contributed by atoms with Gasteiger partial charge in [-0.2, -0.15) is 0 Å². The Bertz CT molecular complexity index is 738. The number of hydrogen-bond acceptors (Lipinski definition) is 5. The van der Waals surface area contributed by atoms with Crippen LogP contribution in [0.3, 0.4) is 0 Å². The minimum absolute atomic E-state index is 0.555.